The number of nitrogens with one attached hydrogen (secondary N) is 2. The molecule has 4 heteroatoms. The van der Waals surface area contributed by atoms with Gasteiger partial charge in [0.05, 0.1) is 6.54 Å². The first-order chi connectivity index (χ1) is 8.24. The number of carbonyl (C=O) groups is 1. The first-order valence-corrected chi connectivity index (χ1v) is 8.02. The first kappa shape index (κ1) is 13.2. The van der Waals surface area contributed by atoms with Crippen molar-refractivity contribution in [1.29, 1.82) is 0 Å². The molecular formula is C13H24N2OS. The second-order valence-corrected chi connectivity index (χ2v) is 6.65. The molecule has 17 heavy (non-hydrogen) atoms. The molecule has 0 heterocycles. The molecule has 0 atom stereocenters. The average molecular weight is 256 g/mol. The van der Waals surface area contributed by atoms with Crippen molar-refractivity contribution in [2.45, 2.75) is 55.7 Å². The molecule has 2 N–H and O–H groups in total. The standard InChI is InChI=1S/C13H24N2OS/c1-17-13(7-4-8-13)10-15-12(16)9-14-11-5-2-3-6-11/h11,14H,2-10H2,1H3,(H,15,16). The summed E-state index contributed by atoms with van der Waals surface area (Å²) < 4.78 is 0.350. The van der Waals surface area contributed by atoms with E-state index in [9.17, 15) is 4.79 Å². The summed E-state index contributed by atoms with van der Waals surface area (Å²) in [6.07, 6.45) is 11.1. The Hall–Kier alpha value is -0.220. The number of carbonyl (C=O) groups excluding carboxylic acids is 1. The van der Waals surface area contributed by atoms with Gasteiger partial charge in [0.15, 0.2) is 0 Å². The Labute approximate surface area is 108 Å². The Bertz CT molecular complexity index is 255. The van der Waals surface area contributed by atoms with E-state index in [1.165, 1.54) is 44.9 Å². The summed E-state index contributed by atoms with van der Waals surface area (Å²) in [5.41, 5.74) is 0. The molecular weight excluding hydrogens is 232 g/mol. The summed E-state index contributed by atoms with van der Waals surface area (Å²) in [5.74, 6) is 0.164. The molecule has 3 nitrogen and oxygen atoms in total. The van der Waals surface area contributed by atoms with Crippen LogP contribution in [0.25, 0.3) is 0 Å². The van der Waals surface area contributed by atoms with Gasteiger partial charge in [-0.2, -0.15) is 11.8 Å². The highest BCUT2D eigenvalue weighted by atomic mass is 32.2. The lowest BCUT2D eigenvalue weighted by Crippen LogP contribution is -2.47. The monoisotopic (exact) mass is 256 g/mol. The van der Waals surface area contributed by atoms with E-state index in [0.717, 1.165) is 6.54 Å². The predicted molar refractivity (Wildman–Crippen MR) is 73.4 cm³/mol. The maximum atomic E-state index is 11.7. The lowest BCUT2D eigenvalue weighted by molar-refractivity contribution is -0.120. The molecule has 1 amide bonds. The average Bonchev–Trinajstić information content (AvgIpc) is 2.78. The van der Waals surface area contributed by atoms with E-state index in [1.54, 1.807) is 0 Å². The SMILES string of the molecule is CSC1(CNC(=O)CNC2CCCC2)CCC1. The minimum absolute atomic E-state index is 0.164. The minimum atomic E-state index is 0.164. The Kier molecular flexibility index (Phi) is 4.74. The van der Waals surface area contributed by atoms with Crippen LogP contribution in [0.2, 0.25) is 0 Å². The molecule has 0 bridgehead atoms. The fourth-order valence-corrected chi connectivity index (χ4v) is 3.63. The summed E-state index contributed by atoms with van der Waals surface area (Å²) in [6, 6.07) is 0.582. The smallest absolute Gasteiger partial charge is 0.234 e. The highest BCUT2D eigenvalue weighted by Gasteiger charge is 2.36. The Morgan fingerprint density at radius 3 is 2.53 bits per heavy atom. The van der Waals surface area contributed by atoms with E-state index in [1.807, 2.05) is 11.8 Å². The normalized spacial score (nSPS) is 23.4. The molecule has 98 valence electrons. The summed E-state index contributed by atoms with van der Waals surface area (Å²) >= 11 is 1.91. The van der Waals surface area contributed by atoms with Gasteiger partial charge >= 0.3 is 0 Å². The molecule has 0 aromatic heterocycles. The Morgan fingerprint density at radius 1 is 1.29 bits per heavy atom. The van der Waals surface area contributed by atoms with Crippen molar-refractivity contribution in [3.8, 4) is 0 Å². The van der Waals surface area contributed by atoms with Crippen molar-refractivity contribution in [3.05, 3.63) is 0 Å². The van der Waals surface area contributed by atoms with Crippen LogP contribution >= 0.6 is 11.8 Å². The lowest BCUT2D eigenvalue weighted by atomic mass is 9.84. The third-order valence-corrected chi connectivity index (χ3v) is 5.63. The first-order valence-electron chi connectivity index (χ1n) is 6.79. The van der Waals surface area contributed by atoms with Crippen LogP contribution in [0.3, 0.4) is 0 Å². The zero-order valence-corrected chi connectivity index (χ0v) is 11.6. The summed E-state index contributed by atoms with van der Waals surface area (Å²) in [5, 5.41) is 6.43. The fourth-order valence-electron chi connectivity index (χ4n) is 2.71. The van der Waals surface area contributed by atoms with E-state index < -0.39 is 0 Å². The molecule has 2 aliphatic rings. The maximum absolute atomic E-state index is 11.7. The number of amides is 1. The van der Waals surface area contributed by atoms with Crippen LogP contribution in [0.15, 0.2) is 0 Å². The number of hydrogen-bond acceptors (Lipinski definition) is 3. The van der Waals surface area contributed by atoms with Crippen LogP contribution in [-0.4, -0.2) is 36.0 Å². The van der Waals surface area contributed by atoms with Gasteiger partial charge in [-0.15, -0.1) is 0 Å². The van der Waals surface area contributed by atoms with Crippen molar-refractivity contribution in [2.75, 3.05) is 19.3 Å². The van der Waals surface area contributed by atoms with Gasteiger partial charge in [-0.05, 0) is 31.9 Å². The highest BCUT2D eigenvalue weighted by Crippen LogP contribution is 2.42. The Balaban J connectivity index is 1.60. The van der Waals surface area contributed by atoms with E-state index in [4.69, 9.17) is 0 Å². The van der Waals surface area contributed by atoms with Crippen molar-refractivity contribution in [3.63, 3.8) is 0 Å². The number of hydrogen-bond donors (Lipinski definition) is 2. The van der Waals surface area contributed by atoms with Crippen molar-refractivity contribution in [2.24, 2.45) is 0 Å². The number of rotatable bonds is 6. The zero-order chi connectivity index (χ0) is 12.1. The van der Waals surface area contributed by atoms with Gasteiger partial charge < -0.3 is 10.6 Å². The van der Waals surface area contributed by atoms with Gasteiger partial charge in [0.2, 0.25) is 5.91 Å². The van der Waals surface area contributed by atoms with Gasteiger partial charge in [0, 0.05) is 17.3 Å². The number of thioether (sulfide) groups is 1. The second kappa shape index (κ2) is 6.10. The fraction of sp³-hybridized carbons (Fsp3) is 0.923. The molecule has 2 rings (SSSR count). The van der Waals surface area contributed by atoms with Crippen LogP contribution in [0.4, 0.5) is 0 Å². The van der Waals surface area contributed by atoms with Crippen LogP contribution in [0.1, 0.15) is 44.9 Å². The van der Waals surface area contributed by atoms with Crippen LogP contribution in [0.5, 0.6) is 0 Å². The van der Waals surface area contributed by atoms with Crippen LogP contribution in [-0.2, 0) is 4.79 Å². The third kappa shape index (κ3) is 3.62. The molecule has 2 aliphatic carbocycles. The van der Waals surface area contributed by atoms with Gasteiger partial charge in [0.1, 0.15) is 0 Å². The van der Waals surface area contributed by atoms with Crippen molar-refractivity contribution >= 4 is 17.7 Å². The third-order valence-electron chi connectivity index (χ3n) is 4.21. The lowest BCUT2D eigenvalue weighted by Gasteiger charge is -2.40. The maximum Gasteiger partial charge on any atom is 0.234 e. The molecule has 0 aromatic rings. The topological polar surface area (TPSA) is 41.1 Å². The molecule has 0 unspecified atom stereocenters. The summed E-state index contributed by atoms with van der Waals surface area (Å²) in [7, 11) is 0. The molecule has 2 saturated carbocycles. The van der Waals surface area contributed by atoms with E-state index in [2.05, 4.69) is 16.9 Å². The summed E-state index contributed by atoms with van der Waals surface area (Å²) in [6.45, 7) is 1.34. The van der Waals surface area contributed by atoms with E-state index in [-0.39, 0.29) is 5.91 Å². The van der Waals surface area contributed by atoms with Gasteiger partial charge in [-0.1, -0.05) is 19.3 Å². The predicted octanol–water partition coefficient (Wildman–Crippen LogP) is 1.92. The summed E-state index contributed by atoms with van der Waals surface area (Å²) in [4.78, 5) is 11.7. The van der Waals surface area contributed by atoms with Gasteiger partial charge in [-0.3, -0.25) is 4.79 Å². The molecule has 0 spiro atoms. The molecule has 0 aliphatic heterocycles. The molecule has 0 saturated heterocycles. The van der Waals surface area contributed by atoms with Crippen LogP contribution < -0.4 is 10.6 Å². The molecule has 2 fully saturated rings. The van der Waals surface area contributed by atoms with E-state index in [0.29, 0.717) is 17.3 Å². The second-order valence-electron chi connectivity index (χ2n) is 5.38. The minimum Gasteiger partial charge on any atom is -0.354 e. The van der Waals surface area contributed by atoms with Crippen molar-refractivity contribution in [1.82, 2.24) is 10.6 Å². The van der Waals surface area contributed by atoms with E-state index >= 15 is 0 Å². The van der Waals surface area contributed by atoms with Gasteiger partial charge in [0.25, 0.3) is 0 Å². The zero-order valence-electron chi connectivity index (χ0n) is 10.8. The van der Waals surface area contributed by atoms with Crippen LogP contribution in [0, 0.1) is 0 Å². The molecule has 0 aromatic carbocycles. The Morgan fingerprint density at radius 2 is 2.00 bits per heavy atom. The van der Waals surface area contributed by atoms with Crippen molar-refractivity contribution < 1.29 is 4.79 Å². The van der Waals surface area contributed by atoms with Gasteiger partial charge in [-0.25, -0.2) is 0 Å². The molecule has 0 radical (unpaired) electrons. The largest absolute Gasteiger partial charge is 0.354 e. The quantitative estimate of drug-likeness (QED) is 0.763. The highest BCUT2D eigenvalue weighted by molar-refractivity contribution is 8.00.